The molecular formula is C16H30O. The van der Waals surface area contributed by atoms with Gasteiger partial charge in [0.2, 0.25) is 0 Å². The van der Waals surface area contributed by atoms with Crippen LogP contribution >= 0.6 is 0 Å². The second-order valence-electron chi connectivity index (χ2n) is 5.38. The van der Waals surface area contributed by atoms with Crippen LogP contribution in [0.25, 0.3) is 0 Å². The van der Waals surface area contributed by atoms with Crippen molar-refractivity contribution in [3.63, 3.8) is 0 Å². The van der Waals surface area contributed by atoms with E-state index in [1.54, 1.807) is 5.57 Å². The Labute approximate surface area is 108 Å². The van der Waals surface area contributed by atoms with Crippen molar-refractivity contribution in [2.24, 2.45) is 0 Å². The highest BCUT2D eigenvalue weighted by Crippen LogP contribution is 2.13. The van der Waals surface area contributed by atoms with Crippen LogP contribution in [0, 0.1) is 0 Å². The van der Waals surface area contributed by atoms with Gasteiger partial charge in [0.15, 0.2) is 0 Å². The van der Waals surface area contributed by atoms with E-state index in [0.717, 1.165) is 13.2 Å². The zero-order chi connectivity index (χ0) is 12.2. The van der Waals surface area contributed by atoms with E-state index >= 15 is 0 Å². The Morgan fingerprint density at radius 3 is 2.12 bits per heavy atom. The minimum Gasteiger partial charge on any atom is -0.381 e. The third-order valence-electron chi connectivity index (χ3n) is 3.60. The molecule has 0 bridgehead atoms. The molecule has 0 aromatic carbocycles. The van der Waals surface area contributed by atoms with E-state index in [4.69, 9.17) is 4.74 Å². The van der Waals surface area contributed by atoms with Crippen molar-refractivity contribution in [3.05, 3.63) is 11.6 Å². The molecule has 0 atom stereocenters. The normalized spacial score (nSPS) is 26.1. The van der Waals surface area contributed by atoms with Gasteiger partial charge >= 0.3 is 0 Å². The third kappa shape index (κ3) is 9.41. The predicted molar refractivity (Wildman–Crippen MR) is 75.4 cm³/mol. The Balaban J connectivity index is 2.18. The molecule has 1 aliphatic heterocycles. The summed E-state index contributed by atoms with van der Waals surface area (Å²) in [5, 5.41) is 0. The molecule has 0 saturated carbocycles. The summed E-state index contributed by atoms with van der Waals surface area (Å²) in [7, 11) is 0. The summed E-state index contributed by atoms with van der Waals surface area (Å²) in [5.74, 6) is 0. The average molecular weight is 238 g/mol. The lowest BCUT2D eigenvalue weighted by Gasteiger charge is -2.06. The van der Waals surface area contributed by atoms with Crippen LogP contribution in [0.15, 0.2) is 11.6 Å². The Morgan fingerprint density at radius 1 is 0.765 bits per heavy atom. The second-order valence-corrected chi connectivity index (χ2v) is 5.38. The Bertz CT molecular complexity index is 196. The van der Waals surface area contributed by atoms with Crippen molar-refractivity contribution in [2.75, 3.05) is 13.2 Å². The fraction of sp³-hybridized carbons (Fsp3) is 0.875. The zero-order valence-corrected chi connectivity index (χ0v) is 11.7. The molecular weight excluding hydrogens is 208 g/mol. The van der Waals surface area contributed by atoms with Gasteiger partial charge in [-0.1, -0.05) is 43.8 Å². The van der Waals surface area contributed by atoms with Crippen LogP contribution in [0.2, 0.25) is 0 Å². The molecule has 0 radical (unpaired) electrons. The van der Waals surface area contributed by atoms with Gasteiger partial charge in [0.05, 0.1) is 0 Å². The number of hydrogen-bond acceptors (Lipinski definition) is 1. The molecule has 0 spiro atoms. The number of hydrogen-bond donors (Lipinski definition) is 0. The standard InChI is InChI=1S/C16H30O/c1-16-12-8-4-2-3-6-10-14-17-15-11-7-5-9-13-16/h13H,2-12,14-15H2,1H3/b16-13+. The molecule has 100 valence electrons. The summed E-state index contributed by atoms with van der Waals surface area (Å²) >= 11 is 0. The molecule has 0 saturated heterocycles. The largest absolute Gasteiger partial charge is 0.381 e. The molecule has 0 fully saturated rings. The van der Waals surface area contributed by atoms with Crippen molar-refractivity contribution in [2.45, 2.75) is 77.6 Å². The van der Waals surface area contributed by atoms with Gasteiger partial charge in [0.25, 0.3) is 0 Å². The topological polar surface area (TPSA) is 9.23 Å². The van der Waals surface area contributed by atoms with Crippen molar-refractivity contribution in [1.29, 1.82) is 0 Å². The number of ether oxygens (including phenoxy) is 1. The Kier molecular flexibility index (Phi) is 9.40. The zero-order valence-electron chi connectivity index (χ0n) is 11.7. The monoisotopic (exact) mass is 238 g/mol. The quantitative estimate of drug-likeness (QED) is 0.523. The van der Waals surface area contributed by atoms with Crippen LogP contribution in [0.4, 0.5) is 0 Å². The van der Waals surface area contributed by atoms with Gasteiger partial charge in [0, 0.05) is 13.2 Å². The van der Waals surface area contributed by atoms with Crippen molar-refractivity contribution in [3.8, 4) is 0 Å². The van der Waals surface area contributed by atoms with Crippen LogP contribution in [-0.4, -0.2) is 13.2 Å². The first kappa shape index (κ1) is 14.8. The summed E-state index contributed by atoms with van der Waals surface area (Å²) in [6, 6.07) is 0. The van der Waals surface area contributed by atoms with Gasteiger partial charge in [-0.15, -0.1) is 0 Å². The third-order valence-corrected chi connectivity index (χ3v) is 3.60. The van der Waals surface area contributed by atoms with E-state index in [2.05, 4.69) is 13.0 Å². The highest BCUT2D eigenvalue weighted by atomic mass is 16.5. The first-order chi connectivity index (χ1) is 8.39. The Morgan fingerprint density at radius 2 is 1.35 bits per heavy atom. The SMILES string of the molecule is C/C1=C\CCCCCOCCCCCCCC1. The fourth-order valence-corrected chi connectivity index (χ4v) is 2.39. The highest BCUT2D eigenvalue weighted by molar-refractivity contribution is 4.97. The van der Waals surface area contributed by atoms with Crippen LogP contribution in [0.3, 0.4) is 0 Å². The van der Waals surface area contributed by atoms with Crippen LogP contribution in [0.1, 0.15) is 77.6 Å². The molecule has 1 nitrogen and oxygen atoms in total. The number of rotatable bonds is 0. The summed E-state index contributed by atoms with van der Waals surface area (Å²) in [5.41, 5.74) is 1.60. The van der Waals surface area contributed by atoms with E-state index in [0.29, 0.717) is 0 Å². The molecule has 0 aliphatic carbocycles. The van der Waals surface area contributed by atoms with Gasteiger partial charge in [-0.25, -0.2) is 0 Å². The number of allylic oxidation sites excluding steroid dienone is 2. The van der Waals surface area contributed by atoms with E-state index in [9.17, 15) is 0 Å². The van der Waals surface area contributed by atoms with Crippen LogP contribution in [-0.2, 0) is 4.74 Å². The van der Waals surface area contributed by atoms with Gasteiger partial charge < -0.3 is 4.74 Å². The van der Waals surface area contributed by atoms with Crippen molar-refractivity contribution in [1.82, 2.24) is 0 Å². The molecule has 0 aromatic heterocycles. The summed E-state index contributed by atoms with van der Waals surface area (Å²) in [4.78, 5) is 0. The first-order valence-corrected chi connectivity index (χ1v) is 7.63. The highest BCUT2D eigenvalue weighted by Gasteiger charge is 1.96. The molecule has 0 N–H and O–H groups in total. The lowest BCUT2D eigenvalue weighted by Crippen LogP contribution is -1.97. The lowest BCUT2D eigenvalue weighted by atomic mass is 10.0. The molecule has 1 aliphatic rings. The summed E-state index contributed by atoms with van der Waals surface area (Å²) < 4.78 is 5.64. The Hall–Kier alpha value is -0.300. The molecule has 17 heavy (non-hydrogen) atoms. The van der Waals surface area contributed by atoms with Gasteiger partial charge in [0.1, 0.15) is 0 Å². The summed E-state index contributed by atoms with van der Waals surface area (Å²) in [6.45, 7) is 4.26. The van der Waals surface area contributed by atoms with Crippen LogP contribution in [0.5, 0.6) is 0 Å². The average Bonchev–Trinajstić information content (AvgIpc) is 2.32. The maximum Gasteiger partial charge on any atom is 0.0466 e. The molecule has 1 heteroatoms. The van der Waals surface area contributed by atoms with E-state index in [1.807, 2.05) is 0 Å². The van der Waals surface area contributed by atoms with E-state index in [-0.39, 0.29) is 0 Å². The van der Waals surface area contributed by atoms with Gasteiger partial charge in [-0.2, -0.15) is 0 Å². The minimum atomic E-state index is 0.975. The lowest BCUT2D eigenvalue weighted by molar-refractivity contribution is 0.126. The van der Waals surface area contributed by atoms with Crippen molar-refractivity contribution >= 4 is 0 Å². The van der Waals surface area contributed by atoms with Crippen LogP contribution < -0.4 is 0 Å². The summed E-state index contributed by atoms with van der Waals surface area (Å²) in [6.07, 6.45) is 17.2. The maximum absolute atomic E-state index is 5.64. The van der Waals surface area contributed by atoms with E-state index < -0.39 is 0 Å². The van der Waals surface area contributed by atoms with Crippen molar-refractivity contribution < 1.29 is 4.74 Å². The van der Waals surface area contributed by atoms with Gasteiger partial charge in [-0.3, -0.25) is 0 Å². The van der Waals surface area contributed by atoms with E-state index in [1.165, 1.54) is 70.6 Å². The second kappa shape index (κ2) is 10.8. The fourth-order valence-electron chi connectivity index (χ4n) is 2.39. The first-order valence-electron chi connectivity index (χ1n) is 7.63. The molecule has 0 unspecified atom stereocenters. The molecule has 0 aromatic rings. The molecule has 1 heterocycles. The predicted octanol–water partition coefficient (Wildman–Crippen LogP) is 5.25. The minimum absolute atomic E-state index is 0.975. The molecule has 0 amide bonds. The molecule has 1 rings (SSSR count). The maximum atomic E-state index is 5.64. The van der Waals surface area contributed by atoms with Gasteiger partial charge in [-0.05, 0) is 45.4 Å². The smallest absolute Gasteiger partial charge is 0.0466 e.